The Kier molecular flexibility index (Phi) is 7.24. The van der Waals surface area contributed by atoms with Crippen molar-refractivity contribution in [2.45, 2.75) is 32.7 Å². The Morgan fingerprint density at radius 3 is 2.50 bits per heavy atom. The summed E-state index contributed by atoms with van der Waals surface area (Å²) in [7, 11) is 1.61. The van der Waals surface area contributed by atoms with Gasteiger partial charge >= 0.3 is 0 Å². The van der Waals surface area contributed by atoms with Gasteiger partial charge in [-0.15, -0.1) is 11.3 Å². The minimum atomic E-state index is -0.663. The Labute approximate surface area is 203 Å². The molecule has 1 amide bonds. The third-order valence-electron chi connectivity index (χ3n) is 6.02. The predicted octanol–water partition coefficient (Wildman–Crippen LogP) is 5.30. The molecule has 1 aliphatic rings. The van der Waals surface area contributed by atoms with Crippen LogP contribution in [-0.4, -0.2) is 46.9 Å². The molecule has 1 unspecified atom stereocenters. The molecule has 1 aromatic heterocycles. The maximum Gasteiger partial charge on any atom is 0.290 e. The van der Waals surface area contributed by atoms with Crippen LogP contribution in [0.1, 0.15) is 45.9 Å². The Morgan fingerprint density at radius 1 is 1.15 bits per heavy atom. The van der Waals surface area contributed by atoms with Crippen LogP contribution in [0.15, 0.2) is 65.9 Å². The number of hydrogen-bond acceptors (Lipinski definition) is 6. The summed E-state index contributed by atoms with van der Waals surface area (Å²) in [4.78, 5) is 33.5. The van der Waals surface area contributed by atoms with Crippen molar-refractivity contribution in [3.63, 3.8) is 0 Å². The van der Waals surface area contributed by atoms with E-state index in [2.05, 4.69) is 11.9 Å². The number of ketones is 1. The van der Waals surface area contributed by atoms with Crippen LogP contribution in [0, 0.1) is 6.92 Å². The van der Waals surface area contributed by atoms with E-state index in [1.165, 1.54) is 11.3 Å². The number of carbonyl (C=O) groups is 2. The number of nitrogens with zero attached hydrogens (tertiary/aromatic N) is 2. The predicted molar refractivity (Wildman–Crippen MR) is 133 cm³/mol. The highest BCUT2D eigenvalue weighted by molar-refractivity contribution is 7.17. The second-order valence-corrected chi connectivity index (χ2v) is 9.23. The van der Waals surface area contributed by atoms with E-state index in [9.17, 15) is 14.7 Å². The van der Waals surface area contributed by atoms with Gasteiger partial charge in [-0.05, 0) is 30.9 Å². The van der Waals surface area contributed by atoms with E-state index >= 15 is 0 Å². The molecular weight excluding hydrogens is 448 g/mol. The zero-order valence-electron chi connectivity index (χ0n) is 19.6. The topological polar surface area (TPSA) is 79.7 Å². The number of thiazole rings is 1. The fourth-order valence-corrected chi connectivity index (χ4v) is 5.24. The van der Waals surface area contributed by atoms with Crippen LogP contribution in [0.25, 0.3) is 10.6 Å². The van der Waals surface area contributed by atoms with E-state index in [1.54, 1.807) is 18.9 Å². The maximum atomic E-state index is 13.8. The van der Waals surface area contributed by atoms with Crippen LogP contribution >= 0.6 is 11.3 Å². The van der Waals surface area contributed by atoms with Gasteiger partial charge in [0.25, 0.3) is 5.91 Å². The van der Waals surface area contributed by atoms with Crippen molar-refractivity contribution in [2.75, 3.05) is 20.3 Å². The fourth-order valence-electron chi connectivity index (χ4n) is 4.21. The smallest absolute Gasteiger partial charge is 0.290 e. The molecule has 1 aliphatic heterocycles. The number of hydrogen-bond donors (Lipinski definition) is 1. The Balaban J connectivity index is 1.75. The Bertz CT molecular complexity index is 1220. The first-order valence-corrected chi connectivity index (χ1v) is 12.2. The summed E-state index contributed by atoms with van der Waals surface area (Å²) in [6.45, 7) is 4.70. The van der Waals surface area contributed by atoms with Crippen LogP contribution in [0.4, 0.5) is 0 Å². The van der Waals surface area contributed by atoms with Crippen LogP contribution in [0.5, 0.6) is 0 Å². The molecule has 3 aromatic rings. The number of rotatable bonds is 9. The van der Waals surface area contributed by atoms with Crippen molar-refractivity contribution >= 4 is 23.0 Å². The molecule has 4 rings (SSSR count). The van der Waals surface area contributed by atoms with Crippen LogP contribution in [0.2, 0.25) is 0 Å². The summed E-state index contributed by atoms with van der Waals surface area (Å²) in [5.74, 6) is -1.38. The van der Waals surface area contributed by atoms with Crippen molar-refractivity contribution in [3.05, 3.63) is 87.6 Å². The summed E-state index contributed by atoms with van der Waals surface area (Å²) in [5, 5.41) is 11.6. The van der Waals surface area contributed by atoms with E-state index in [0.29, 0.717) is 30.1 Å². The molecule has 1 N–H and O–H groups in total. The van der Waals surface area contributed by atoms with Gasteiger partial charge in [0.1, 0.15) is 5.01 Å². The van der Waals surface area contributed by atoms with Gasteiger partial charge in [-0.25, -0.2) is 4.98 Å². The fraction of sp³-hybridized carbons (Fsp3) is 0.296. The van der Waals surface area contributed by atoms with E-state index in [1.807, 2.05) is 54.6 Å². The summed E-state index contributed by atoms with van der Waals surface area (Å²) in [6, 6.07) is 16.8. The number of benzene rings is 2. The largest absolute Gasteiger partial charge is 0.503 e. The van der Waals surface area contributed by atoms with Crippen molar-refractivity contribution in [1.29, 1.82) is 0 Å². The van der Waals surface area contributed by atoms with Crippen LogP contribution < -0.4 is 0 Å². The first kappa shape index (κ1) is 23.9. The molecular formula is C27H28N2O4S. The normalized spacial score (nSPS) is 15.9. The number of ether oxygens (including phenoxy) is 1. The zero-order valence-corrected chi connectivity index (χ0v) is 20.4. The number of Topliss-reactive ketones (excluding diaryl/α,β-unsaturated/α-hetero) is 1. The van der Waals surface area contributed by atoms with Gasteiger partial charge in [0.15, 0.2) is 5.76 Å². The minimum Gasteiger partial charge on any atom is -0.503 e. The monoisotopic (exact) mass is 476 g/mol. The summed E-state index contributed by atoms with van der Waals surface area (Å²) in [5.41, 5.74) is 3.56. The minimum absolute atomic E-state index is 0.109. The standard InChI is InChI=1S/C27H28N2O4S/c1-4-18-11-13-19(14-12-18)22-21(24(31)27(32)29(22)15-8-16-33-3)23(30)25-17(2)28-26(34-25)20-9-6-5-7-10-20/h5-7,9-14,22,31H,4,8,15-16H2,1-3H3. The lowest BCUT2D eigenvalue weighted by Crippen LogP contribution is -2.32. The van der Waals surface area contributed by atoms with Crippen molar-refractivity contribution < 1.29 is 19.4 Å². The van der Waals surface area contributed by atoms with Gasteiger partial charge in [0.05, 0.1) is 22.2 Å². The lowest BCUT2D eigenvalue weighted by Gasteiger charge is -2.27. The molecule has 34 heavy (non-hydrogen) atoms. The van der Waals surface area contributed by atoms with E-state index in [-0.39, 0.29) is 11.4 Å². The highest BCUT2D eigenvalue weighted by Gasteiger charge is 2.44. The van der Waals surface area contributed by atoms with E-state index in [0.717, 1.165) is 28.1 Å². The number of aliphatic hydroxyl groups is 1. The third kappa shape index (κ3) is 4.54. The molecule has 0 aliphatic carbocycles. The lowest BCUT2D eigenvalue weighted by molar-refractivity contribution is -0.129. The van der Waals surface area contributed by atoms with Gasteiger partial charge in [-0.2, -0.15) is 0 Å². The molecule has 6 nitrogen and oxygen atoms in total. The second-order valence-electron chi connectivity index (χ2n) is 8.23. The van der Waals surface area contributed by atoms with Crippen molar-refractivity contribution in [3.8, 4) is 10.6 Å². The van der Waals surface area contributed by atoms with Crippen molar-refractivity contribution in [1.82, 2.24) is 9.88 Å². The molecule has 176 valence electrons. The lowest BCUT2D eigenvalue weighted by atomic mass is 9.94. The number of aromatic nitrogens is 1. The Hall–Kier alpha value is -3.29. The van der Waals surface area contributed by atoms with Crippen molar-refractivity contribution in [2.24, 2.45) is 0 Å². The molecule has 0 bridgehead atoms. The average molecular weight is 477 g/mol. The first-order valence-electron chi connectivity index (χ1n) is 11.4. The number of aliphatic hydroxyl groups excluding tert-OH is 1. The SMILES string of the molecule is CCc1ccc(C2C(C(=O)c3sc(-c4ccccc4)nc3C)=C(O)C(=O)N2CCCOC)cc1. The molecule has 7 heteroatoms. The number of aryl methyl sites for hydroxylation is 2. The molecule has 0 saturated heterocycles. The molecule has 0 spiro atoms. The van der Waals surface area contributed by atoms with Crippen LogP contribution in [-0.2, 0) is 16.0 Å². The number of amides is 1. The van der Waals surface area contributed by atoms with Crippen LogP contribution in [0.3, 0.4) is 0 Å². The van der Waals surface area contributed by atoms with Gasteiger partial charge in [0, 0.05) is 25.8 Å². The molecule has 1 atom stereocenters. The number of carbonyl (C=O) groups excluding carboxylic acids is 2. The highest BCUT2D eigenvalue weighted by atomic mass is 32.1. The van der Waals surface area contributed by atoms with Gasteiger partial charge in [0.2, 0.25) is 5.78 Å². The molecule has 2 aromatic carbocycles. The summed E-state index contributed by atoms with van der Waals surface area (Å²) in [6.07, 6.45) is 1.48. The highest BCUT2D eigenvalue weighted by Crippen LogP contribution is 2.41. The average Bonchev–Trinajstić information content (AvgIpc) is 3.37. The van der Waals surface area contributed by atoms with E-state index in [4.69, 9.17) is 4.74 Å². The molecule has 0 fully saturated rings. The first-order chi connectivity index (χ1) is 16.5. The molecule has 2 heterocycles. The molecule has 0 radical (unpaired) electrons. The van der Waals surface area contributed by atoms with Gasteiger partial charge in [-0.1, -0.05) is 61.5 Å². The zero-order chi connectivity index (χ0) is 24.2. The van der Waals surface area contributed by atoms with Gasteiger partial charge < -0.3 is 14.7 Å². The second kappa shape index (κ2) is 10.3. The van der Waals surface area contributed by atoms with E-state index < -0.39 is 17.7 Å². The summed E-state index contributed by atoms with van der Waals surface area (Å²) < 4.78 is 5.15. The summed E-state index contributed by atoms with van der Waals surface area (Å²) >= 11 is 1.28. The third-order valence-corrected chi connectivity index (χ3v) is 7.23. The Morgan fingerprint density at radius 2 is 1.85 bits per heavy atom. The van der Waals surface area contributed by atoms with Gasteiger partial charge in [-0.3, -0.25) is 9.59 Å². The maximum absolute atomic E-state index is 13.8. The molecule has 0 saturated carbocycles. The quantitative estimate of drug-likeness (QED) is 0.335. The number of methoxy groups -OCH3 is 1.